The smallest absolute Gasteiger partial charge is 0.152 e. The van der Waals surface area contributed by atoms with Gasteiger partial charge in [-0.05, 0) is 26.0 Å². The fraction of sp³-hybridized carbons (Fsp3) is 0.250. The molecule has 0 bridgehead atoms. The summed E-state index contributed by atoms with van der Waals surface area (Å²) < 4.78 is 0. The Balaban J connectivity index is 2.46. The predicted octanol–water partition coefficient (Wildman–Crippen LogP) is 1.33. The minimum absolute atomic E-state index is 0.131. The monoisotopic (exact) mass is 229 g/mol. The van der Waals surface area contributed by atoms with Crippen molar-refractivity contribution in [3.8, 4) is 0 Å². The van der Waals surface area contributed by atoms with Crippen LogP contribution in [0.4, 0.5) is 0 Å². The molecule has 0 spiro atoms. The fourth-order valence-electron chi connectivity index (χ4n) is 1.69. The number of hydrogen-bond acceptors (Lipinski definition) is 4. The lowest BCUT2D eigenvalue weighted by Crippen LogP contribution is -2.28. The molecule has 3 N–H and O–H groups in total. The molecule has 1 aromatic rings. The van der Waals surface area contributed by atoms with E-state index in [4.69, 9.17) is 11.1 Å². The van der Waals surface area contributed by atoms with Crippen LogP contribution in [0, 0.1) is 5.41 Å². The maximum absolute atomic E-state index is 8.02. The van der Waals surface area contributed by atoms with Crippen molar-refractivity contribution in [2.24, 2.45) is 10.8 Å². The summed E-state index contributed by atoms with van der Waals surface area (Å²) >= 11 is 0. The number of rotatable bonds is 2. The first-order chi connectivity index (χ1) is 8.15. The Morgan fingerprint density at radius 2 is 2.24 bits per heavy atom. The predicted molar refractivity (Wildman–Crippen MR) is 67.7 cm³/mol. The summed E-state index contributed by atoms with van der Waals surface area (Å²) in [7, 11) is 0. The van der Waals surface area contributed by atoms with Gasteiger partial charge in [0.05, 0.1) is 5.57 Å². The van der Waals surface area contributed by atoms with Crippen LogP contribution >= 0.6 is 0 Å². The molecule has 0 saturated heterocycles. The van der Waals surface area contributed by atoms with E-state index in [1.807, 2.05) is 26.0 Å². The Morgan fingerprint density at radius 3 is 2.76 bits per heavy atom. The van der Waals surface area contributed by atoms with Gasteiger partial charge in [-0.2, -0.15) is 5.10 Å². The molecule has 17 heavy (non-hydrogen) atoms. The van der Waals surface area contributed by atoms with Gasteiger partial charge >= 0.3 is 0 Å². The third-order valence-electron chi connectivity index (χ3n) is 2.54. The lowest BCUT2D eigenvalue weighted by atomic mass is 10.1. The number of pyridine rings is 1. The first-order valence-electron chi connectivity index (χ1n) is 5.44. The van der Waals surface area contributed by atoms with Crippen LogP contribution < -0.4 is 5.73 Å². The molecule has 5 nitrogen and oxygen atoms in total. The Kier molecular flexibility index (Phi) is 2.91. The number of hydrazone groups is 1. The SMILES string of the molecule is CC(C)N1N=C(c2cccnc2)/C(=C/N)C1=N. The van der Waals surface area contributed by atoms with Gasteiger partial charge in [0.25, 0.3) is 0 Å². The minimum atomic E-state index is 0.131. The van der Waals surface area contributed by atoms with E-state index >= 15 is 0 Å². The Hall–Kier alpha value is -2.17. The molecular weight excluding hydrogens is 214 g/mol. The lowest BCUT2D eigenvalue weighted by Gasteiger charge is -2.17. The van der Waals surface area contributed by atoms with Crippen molar-refractivity contribution in [2.45, 2.75) is 19.9 Å². The molecule has 2 rings (SSSR count). The van der Waals surface area contributed by atoms with Crippen LogP contribution in [0.3, 0.4) is 0 Å². The molecule has 0 aromatic carbocycles. The van der Waals surface area contributed by atoms with E-state index in [-0.39, 0.29) is 6.04 Å². The zero-order valence-corrected chi connectivity index (χ0v) is 9.88. The first-order valence-corrected chi connectivity index (χ1v) is 5.44. The van der Waals surface area contributed by atoms with Gasteiger partial charge in [0.15, 0.2) is 5.84 Å². The summed E-state index contributed by atoms with van der Waals surface area (Å²) in [5.74, 6) is 0.335. The van der Waals surface area contributed by atoms with E-state index in [0.717, 1.165) is 5.56 Å². The Labute approximate surface area is 100 Å². The molecule has 0 unspecified atom stereocenters. The fourth-order valence-corrected chi connectivity index (χ4v) is 1.69. The molecule has 0 atom stereocenters. The van der Waals surface area contributed by atoms with Crippen LogP contribution in [0.1, 0.15) is 19.4 Å². The van der Waals surface area contributed by atoms with E-state index in [2.05, 4.69) is 10.1 Å². The van der Waals surface area contributed by atoms with Gasteiger partial charge in [0.2, 0.25) is 0 Å². The number of nitrogens with one attached hydrogen (secondary N) is 1. The molecule has 0 amide bonds. The van der Waals surface area contributed by atoms with Gasteiger partial charge in [0.1, 0.15) is 5.71 Å². The number of aromatic nitrogens is 1. The van der Waals surface area contributed by atoms with Gasteiger partial charge in [0, 0.05) is 30.2 Å². The van der Waals surface area contributed by atoms with Crippen LogP contribution in [0.15, 0.2) is 41.4 Å². The van der Waals surface area contributed by atoms with Crippen LogP contribution in [-0.2, 0) is 0 Å². The third kappa shape index (κ3) is 1.91. The van der Waals surface area contributed by atoms with E-state index in [1.54, 1.807) is 17.4 Å². The van der Waals surface area contributed by atoms with Crippen molar-refractivity contribution >= 4 is 11.5 Å². The first kappa shape index (κ1) is 11.3. The summed E-state index contributed by atoms with van der Waals surface area (Å²) in [6, 6.07) is 3.88. The van der Waals surface area contributed by atoms with Gasteiger partial charge in [-0.25, -0.2) is 5.01 Å². The summed E-state index contributed by atoms with van der Waals surface area (Å²) in [6.07, 6.45) is 4.85. The summed E-state index contributed by atoms with van der Waals surface area (Å²) in [5, 5.41) is 14.1. The zero-order chi connectivity index (χ0) is 12.4. The van der Waals surface area contributed by atoms with Crippen molar-refractivity contribution in [1.29, 1.82) is 5.41 Å². The second kappa shape index (κ2) is 4.37. The normalized spacial score (nSPS) is 18.1. The van der Waals surface area contributed by atoms with Crippen molar-refractivity contribution in [3.63, 3.8) is 0 Å². The van der Waals surface area contributed by atoms with E-state index in [0.29, 0.717) is 17.1 Å². The van der Waals surface area contributed by atoms with E-state index in [1.165, 1.54) is 6.20 Å². The van der Waals surface area contributed by atoms with Crippen LogP contribution in [-0.4, -0.2) is 27.6 Å². The van der Waals surface area contributed by atoms with Crippen LogP contribution in [0.5, 0.6) is 0 Å². The third-order valence-corrected chi connectivity index (χ3v) is 2.54. The Morgan fingerprint density at radius 1 is 1.47 bits per heavy atom. The summed E-state index contributed by atoms with van der Waals surface area (Å²) in [4.78, 5) is 4.06. The standard InChI is InChI=1S/C12H15N5/c1-8(2)17-12(14)10(6-13)11(16-17)9-4-3-5-15-7-9/h3-8,14H,13H2,1-2H3/b10-6-,14-12?. The number of hydrogen-bond donors (Lipinski definition) is 2. The zero-order valence-electron chi connectivity index (χ0n) is 9.88. The van der Waals surface area contributed by atoms with Crippen molar-refractivity contribution in [3.05, 3.63) is 41.9 Å². The highest BCUT2D eigenvalue weighted by atomic mass is 15.5. The quantitative estimate of drug-likeness (QED) is 0.803. The average molecular weight is 229 g/mol. The largest absolute Gasteiger partial charge is 0.404 e. The van der Waals surface area contributed by atoms with Gasteiger partial charge in [-0.1, -0.05) is 0 Å². The average Bonchev–Trinajstić information content (AvgIpc) is 2.67. The highest BCUT2D eigenvalue weighted by molar-refractivity contribution is 6.31. The molecule has 1 aliphatic heterocycles. The molecule has 0 fully saturated rings. The van der Waals surface area contributed by atoms with E-state index in [9.17, 15) is 0 Å². The van der Waals surface area contributed by atoms with Gasteiger partial charge < -0.3 is 5.73 Å². The highest BCUT2D eigenvalue weighted by Crippen LogP contribution is 2.21. The molecule has 88 valence electrons. The van der Waals surface area contributed by atoms with Gasteiger partial charge in [-0.3, -0.25) is 10.4 Å². The van der Waals surface area contributed by atoms with Crippen molar-refractivity contribution in [1.82, 2.24) is 9.99 Å². The molecule has 0 radical (unpaired) electrons. The van der Waals surface area contributed by atoms with E-state index < -0.39 is 0 Å². The topological polar surface area (TPSA) is 78.4 Å². The molecule has 1 aliphatic rings. The second-order valence-corrected chi connectivity index (χ2v) is 4.06. The molecule has 0 aliphatic carbocycles. The molecule has 2 heterocycles. The van der Waals surface area contributed by atoms with Crippen LogP contribution in [0.25, 0.3) is 0 Å². The molecular formula is C12H15N5. The second-order valence-electron chi connectivity index (χ2n) is 4.06. The maximum atomic E-state index is 8.02. The lowest BCUT2D eigenvalue weighted by molar-refractivity contribution is 0.375. The maximum Gasteiger partial charge on any atom is 0.152 e. The summed E-state index contributed by atoms with van der Waals surface area (Å²) in [5.41, 5.74) is 7.81. The molecule has 1 aromatic heterocycles. The van der Waals surface area contributed by atoms with Gasteiger partial charge in [-0.15, -0.1) is 0 Å². The molecule has 0 saturated carbocycles. The number of nitrogens with two attached hydrogens (primary N) is 1. The summed E-state index contributed by atoms with van der Waals surface area (Å²) in [6.45, 7) is 3.97. The van der Waals surface area contributed by atoms with Crippen molar-refractivity contribution in [2.75, 3.05) is 0 Å². The minimum Gasteiger partial charge on any atom is -0.404 e. The number of amidine groups is 1. The Bertz CT molecular complexity index is 487. The molecule has 5 heteroatoms. The number of nitrogens with zero attached hydrogens (tertiary/aromatic N) is 3. The van der Waals surface area contributed by atoms with Crippen LogP contribution in [0.2, 0.25) is 0 Å². The highest BCUT2D eigenvalue weighted by Gasteiger charge is 2.28. The van der Waals surface area contributed by atoms with Crippen molar-refractivity contribution < 1.29 is 0 Å².